The van der Waals surface area contributed by atoms with Crippen molar-refractivity contribution in [2.45, 2.75) is 4.90 Å². The normalized spacial score (nSPS) is 11.0. The van der Waals surface area contributed by atoms with Gasteiger partial charge in [-0.05, 0) is 18.2 Å². The summed E-state index contributed by atoms with van der Waals surface area (Å²) in [4.78, 5) is 7.71. The van der Waals surface area contributed by atoms with E-state index in [1.54, 1.807) is 0 Å². The summed E-state index contributed by atoms with van der Waals surface area (Å²) in [5.74, 6) is 0. The smallest absolute Gasteiger partial charge is 0.282 e. The van der Waals surface area contributed by atoms with Crippen molar-refractivity contribution in [2.24, 2.45) is 0 Å². The van der Waals surface area contributed by atoms with Crippen LogP contribution in [0, 0.1) is 0 Å². The van der Waals surface area contributed by atoms with Crippen LogP contribution >= 0.6 is 0 Å². The molecule has 0 saturated heterocycles. The molecule has 0 unspecified atom stereocenters. The summed E-state index contributed by atoms with van der Waals surface area (Å²) in [5, 5.41) is 0. The number of hydrogen-bond donors (Lipinski definition) is 1. The van der Waals surface area contributed by atoms with E-state index in [0.717, 1.165) is 0 Å². The zero-order chi connectivity index (χ0) is 10.2. The van der Waals surface area contributed by atoms with Gasteiger partial charge >= 0.3 is 29.6 Å². The van der Waals surface area contributed by atoms with Crippen molar-refractivity contribution >= 4 is 21.2 Å². The van der Waals surface area contributed by atoms with Gasteiger partial charge in [-0.3, -0.25) is 14.5 Å². The van der Waals surface area contributed by atoms with Gasteiger partial charge in [-0.25, -0.2) is 0 Å². The SMILES string of the molecule is O=S(=O)(O)c1ccc2nccnc2c1.[Na+]. The molecular formula is C8H6N2NaO3S+. The molecule has 0 spiro atoms. The number of nitrogens with zero attached hydrogens (tertiary/aromatic N) is 2. The second kappa shape index (κ2) is 4.54. The maximum absolute atomic E-state index is 10.8. The Morgan fingerprint density at radius 3 is 2.27 bits per heavy atom. The Bertz CT molecular complexity index is 585. The summed E-state index contributed by atoms with van der Waals surface area (Å²) in [6.45, 7) is 0. The molecule has 5 nitrogen and oxygen atoms in total. The van der Waals surface area contributed by atoms with Crippen molar-refractivity contribution in [3.63, 3.8) is 0 Å². The zero-order valence-corrected chi connectivity index (χ0v) is 10.8. The first kappa shape index (κ1) is 12.5. The second-order valence-corrected chi connectivity index (χ2v) is 4.10. The van der Waals surface area contributed by atoms with E-state index in [9.17, 15) is 8.42 Å². The quantitative estimate of drug-likeness (QED) is 0.450. The summed E-state index contributed by atoms with van der Waals surface area (Å²) in [5.41, 5.74) is 1.02. The van der Waals surface area contributed by atoms with E-state index in [4.69, 9.17) is 4.55 Å². The summed E-state index contributed by atoms with van der Waals surface area (Å²) >= 11 is 0. The molecule has 1 aromatic carbocycles. The van der Waals surface area contributed by atoms with Crippen LogP contribution in [0.2, 0.25) is 0 Å². The van der Waals surface area contributed by atoms with Crippen molar-refractivity contribution in [2.75, 3.05) is 0 Å². The maximum Gasteiger partial charge on any atom is 1.00 e. The Morgan fingerprint density at radius 2 is 1.67 bits per heavy atom. The first-order valence-electron chi connectivity index (χ1n) is 3.76. The molecule has 1 aromatic heterocycles. The molecule has 0 aliphatic rings. The van der Waals surface area contributed by atoms with Crippen molar-refractivity contribution in [1.82, 2.24) is 9.97 Å². The van der Waals surface area contributed by atoms with Gasteiger partial charge in [-0.15, -0.1) is 0 Å². The molecule has 0 bridgehead atoms. The third kappa shape index (κ3) is 2.73. The van der Waals surface area contributed by atoms with Gasteiger partial charge in [0.05, 0.1) is 15.9 Å². The average molecular weight is 233 g/mol. The Morgan fingerprint density at radius 1 is 1.07 bits per heavy atom. The predicted molar refractivity (Wildman–Crippen MR) is 49.4 cm³/mol. The fourth-order valence-electron chi connectivity index (χ4n) is 1.10. The van der Waals surface area contributed by atoms with E-state index < -0.39 is 10.1 Å². The molecule has 1 N–H and O–H groups in total. The number of aromatic nitrogens is 2. The Balaban J connectivity index is 0.00000112. The molecule has 0 radical (unpaired) electrons. The molecule has 0 amide bonds. The van der Waals surface area contributed by atoms with Crippen molar-refractivity contribution < 1.29 is 42.5 Å². The Hall–Kier alpha value is -0.530. The minimum atomic E-state index is -4.16. The monoisotopic (exact) mass is 233 g/mol. The molecule has 72 valence electrons. The van der Waals surface area contributed by atoms with Gasteiger partial charge in [0, 0.05) is 12.4 Å². The van der Waals surface area contributed by atoms with Gasteiger partial charge in [-0.2, -0.15) is 8.42 Å². The molecule has 0 fully saturated rings. The fraction of sp³-hybridized carbons (Fsp3) is 0. The largest absolute Gasteiger partial charge is 1.00 e. The molecule has 0 aliphatic heterocycles. The zero-order valence-electron chi connectivity index (χ0n) is 7.95. The molecular weight excluding hydrogens is 227 g/mol. The summed E-state index contributed by atoms with van der Waals surface area (Å²) < 4.78 is 30.3. The number of rotatable bonds is 1. The van der Waals surface area contributed by atoms with Crippen LogP contribution in [0.1, 0.15) is 0 Å². The third-order valence-corrected chi connectivity index (χ3v) is 2.59. The molecule has 0 saturated carbocycles. The van der Waals surface area contributed by atoms with Crippen molar-refractivity contribution in [3.8, 4) is 0 Å². The summed E-state index contributed by atoms with van der Waals surface area (Å²) in [6, 6.07) is 4.05. The van der Waals surface area contributed by atoms with E-state index in [0.29, 0.717) is 11.0 Å². The first-order valence-corrected chi connectivity index (χ1v) is 5.20. The molecule has 1 heterocycles. The van der Waals surface area contributed by atoms with Gasteiger partial charge in [-0.1, -0.05) is 0 Å². The maximum atomic E-state index is 10.8. The Kier molecular flexibility index (Phi) is 3.80. The topological polar surface area (TPSA) is 80.2 Å². The Labute approximate surface area is 109 Å². The molecule has 7 heteroatoms. The van der Waals surface area contributed by atoms with Crippen LogP contribution in [0.5, 0.6) is 0 Å². The van der Waals surface area contributed by atoms with Gasteiger partial charge in [0.25, 0.3) is 10.1 Å². The van der Waals surface area contributed by atoms with Crippen LogP contribution in [0.25, 0.3) is 11.0 Å². The van der Waals surface area contributed by atoms with Crippen LogP contribution in [-0.2, 0) is 10.1 Å². The predicted octanol–water partition coefficient (Wildman–Crippen LogP) is -2.12. The van der Waals surface area contributed by atoms with E-state index in [1.807, 2.05) is 0 Å². The minimum Gasteiger partial charge on any atom is -0.282 e. The van der Waals surface area contributed by atoms with Gasteiger partial charge < -0.3 is 0 Å². The standard InChI is InChI=1S/C8H6N2O3S.Na/c11-14(12,13)6-1-2-7-8(5-6)10-4-3-9-7;/h1-5H,(H,11,12,13);/q;+1. The molecule has 2 aromatic rings. The first-order chi connectivity index (χ1) is 6.57. The van der Waals surface area contributed by atoms with E-state index >= 15 is 0 Å². The van der Waals surface area contributed by atoms with E-state index in [-0.39, 0.29) is 34.5 Å². The van der Waals surface area contributed by atoms with Crippen LogP contribution in [0.4, 0.5) is 0 Å². The molecule has 2 rings (SSSR count). The van der Waals surface area contributed by atoms with Crippen LogP contribution in [0.3, 0.4) is 0 Å². The van der Waals surface area contributed by atoms with Crippen molar-refractivity contribution in [1.29, 1.82) is 0 Å². The van der Waals surface area contributed by atoms with Crippen LogP contribution in [-0.4, -0.2) is 22.9 Å². The minimum absolute atomic E-state index is 0. The number of hydrogen-bond acceptors (Lipinski definition) is 4. The van der Waals surface area contributed by atoms with Crippen LogP contribution < -0.4 is 29.6 Å². The van der Waals surface area contributed by atoms with Gasteiger partial charge in [0.15, 0.2) is 0 Å². The number of benzene rings is 1. The van der Waals surface area contributed by atoms with E-state index in [1.165, 1.54) is 30.6 Å². The summed E-state index contributed by atoms with van der Waals surface area (Å²) in [7, 11) is -4.16. The van der Waals surface area contributed by atoms with Crippen LogP contribution in [0.15, 0.2) is 35.5 Å². The third-order valence-electron chi connectivity index (χ3n) is 1.74. The molecule has 15 heavy (non-hydrogen) atoms. The molecule has 0 aliphatic carbocycles. The van der Waals surface area contributed by atoms with E-state index in [2.05, 4.69) is 9.97 Å². The van der Waals surface area contributed by atoms with Gasteiger partial charge in [0.1, 0.15) is 0 Å². The fourth-order valence-corrected chi connectivity index (χ4v) is 1.60. The second-order valence-electron chi connectivity index (χ2n) is 2.68. The molecule has 0 atom stereocenters. The summed E-state index contributed by atoms with van der Waals surface area (Å²) in [6.07, 6.45) is 2.96. The van der Waals surface area contributed by atoms with Crippen molar-refractivity contribution in [3.05, 3.63) is 30.6 Å². The average Bonchev–Trinajstić information content (AvgIpc) is 2.16. The number of fused-ring (bicyclic) bond motifs is 1. The van der Waals surface area contributed by atoms with Gasteiger partial charge in [0.2, 0.25) is 0 Å².